The van der Waals surface area contributed by atoms with Gasteiger partial charge in [-0.3, -0.25) is 4.98 Å². The molecule has 0 radical (unpaired) electrons. The number of hydrogen-bond acceptors (Lipinski definition) is 3. The molecule has 0 aromatic carbocycles. The van der Waals surface area contributed by atoms with Crippen molar-refractivity contribution in [1.82, 2.24) is 9.29 Å². The van der Waals surface area contributed by atoms with Crippen LogP contribution in [0.4, 0.5) is 0 Å². The van der Waals surface area contributed by atoms with Gasteiger partial charge in [-0.2, -0.15) is 0 Å². The second kappa shape index (κ2) is 9.02. The molecule has 0 N–H and O–H groups in total. The van der Waals surface area contributed by atoms with E-state index in [4.69, 9.17) is 0 Å². The lowest BCUT2D eigenvalue weighted by molar-refractivity contribution is 0.452. The largest absolute Gasteiger partial charge is 0.263 e. The smallest absolute Gasteiger partial charge is 0.0436 e. The third kappa shape index (κ3) is 5.32. The summed E-state index contributed by atoms with van der Waals surface area (Å²) < 4.78 is 3.29. The van der Waals surface area contributed by atoms with Gasteiger partial charge in [0.15, 0.2) is 0 Å². The van der Waals surface area contributed by atoms with Crippen LogP contribution in [-0.4, -0.2) is 22.1 Å². The average molecular weight is 305 g/mol. The molecular formula is C12H21BrN2S. The SMILES string of the molecule is CC.CCSN(C)[C@H](C)c1cncc(Br)c1. The number of hydrogen-bond donors (Lipinski definition) is 0. The number of nitrogens with zero attached hydrogens (tertiary/aromatic N) is 2. The van der Waals surface area contributed by atoms with Gasteiger partial charge in [-0.25, -0.2) is 4.31 Å². The van der Waals surface area contributed by atoms with E-state index < -0.39 is 0 Å². The van der Waals surface area contributed by atoms with Crippen LogP contribution in [0.25, 0.3) is 0 Å². The van der Waals surface area contributed by atoms with Gasteiger partial charge in [0.05, 0.1) is 0 Å². The quantitative estimate of drug-likeness (QED) is 0.760. The summed E-state index contributed by atoms with van der Waals surface area (Å²) in [6.07, 6.45) is 3.73. The monoisotopic (exact) mass is 304 g/mol. The Kier molecular flexibility index (Phi) is 8.99. The fraction of sp³-hybridized carbons (Fsp3) is 0.583. The topological polar surface area (TPSA) is 16.1 Å². The molecule has 4 heteroatoms. The van der Waals surface area contributed by atoms with Crippen molar-refractivity contribution in [2.24, 2.45) is 0 Å². The first-order valence-corrected chi connectivity index (χ1v) is 7.35. The summed E-state index contributed by atoms with van der Waals surface area (Å²) >= 11 is 5.26. The van der Waals surface area contributed by atoms with Crippen molar-refractivity contribution >= 4 is 27.9 Å². The zero-order valence-electron chi connectivity index (χ0n) is 10.7. The molecule has 0 aliphatic heterocycles. The van der Waals surface area contributed by atoms with Crippen LogP contribution in [0.15, 0.2) is 22.9 Å². The molecule has 1 aromatic heterocycles. The molecule has 0 amide bonds. The molecule has 0 aliphatic rings. The Morgan fingerprint density at radius 1 is 1.44 bits per heavy atom. The van der Waals surface area contributed by atoms with E-state index >= 15 is 0 Å². The zero-order valence-corrected chi connectivity index (χ0v) is 13.1. The van der Waals surface area contributed by atoms with Gasteiger partial charge in [-0.05, 0) is 41.5 Å². The second-order valence-electron chi connectivity index (χ2n) is 3.08. The molecule has 1 aromatic rings. The summed E-state index contributed by atoms with van der Waals surface area (Å²) in [6, 6.07) is 2.51. The van der Waals surface area contributed by atoms with Gasteiger partial charge < -0.3 is 0 Å². The first-order valence-electron chi connectivity index (χ1n) is 5.61. The van der Waals surface area contributed by atoms with Crippen LogP contribution in [0.2, 0.25) is 0 Å². The van der Waals surface area contributed by atoms with E-state index in [0.29, 0.717) is 6.04 Å². The van der Waals surface area contributed by atoms with Gasteiger partial charge in [0, 0.05) is 28.7 Å². The number of rotatable bonds is 4. The molecule has 0 unspecified atom stereocenters. The van der Waals surface area contributed by atoms with Crippen molar-refractivity contribution in [2.75, 3.05) is 12.8 Å². The lowest BCUT2D eigenvalue weighted by atomic mass is 10.1. The van der Waals surface area contributed by atoms with Crippen molar-refractivity contribution < 1.29 is 0 Å². The highest BCUT2D eigenvalue weighted by atomic mass is 79.9. The number of aromatic nitrogens is 1. The summed E-state index contributed by atoms with van der Waals surface area (Å²) in [5, 5.41) is 0. The Labute approximate surface area is 112 Å². The third-order valence-corrected chi connectivity index (χ3v) is 3.50. The van der Waals surface area contributed by atoms with Crippen LogP contribution < -0.4 is 0 Å². The van der Waals surface area contributed by atoms with Crippen LogP contribution in [0.1, 0.15) is 39.3 Å². The minimum Gasteiger partial charge on any atom is -0.263 e. The third-order valence-electron chi connectivity index (χ3n) is 2.09. The molecule has 1 heterocycles. The average Bonchev–Trinajstić information content (AvgIpc) is 2.31. The van der Waals surface area contributed by atoms with Gasteiger partial charge in [-0.15, -0.1) is 0 Å². The van der Waals surface area contributed by atoms with Crippen molar-refractivity contribution in [3.05, 3.63) is 28.5 Å². The fourth-order valence-corrected chi connectivity index (χ4v) is 2.32. The van der Waals surface area contributed by atoms with Crippen LogP contribution in [-0.2, 0) is 0 Å². The van der Waals surface area contributed by atoms with Crippen LogP contribution in [0.5, 0.6) is 0 Å². The molecule has 0 fully saturated rings. The lowest BCUT2D eigenvalue weighted by Crippen LogP contribution is -2.15. The molecule has 1 atom stereocenters. The van der Waals surface area contributed by atoms with E-state index in [0.717, 1.165) is 10.2 Å². The highest BCUT2D eigenvalue weighted by Gasteiger charge is 2.11. The van der Waals surface area contributed by atoms with Gasteiger partial charge in [0.2, 0.25) is 0 Å². The molecule has 0 spiro atoms. The van der Waals surface area contributed by atoms with Crippen LogP contribution in [0.3, 0.4) is 0 Å². The van der Waals surface area contributed by atoms with E-state index in [2.05, 4.69) is 52.2 Å². The Bertz CT molecular complexity index is 294. The normalized spacial score (nSPS) is 11.9. The predicted octanol–water partition coefficient (Wildman–Crippen LogP) is 4.53. The molecule has 0 bridgehead atoms. The van der Waals surface area contributed by atoms with Crippen LogP contribution >= 0.6 is 27.9 Å². The van der Waals surface area contributed by atoms with Crippen molar-refractivity contribution in [3.8, 4) is 0 Å². The maximum Gasteiger partial charge on any atom is 0.0436 e. The van der Waals surface area contributed by atoms with Crippen molar-refractivity contribution in [1.29, 1.82) is 0 Å². The first-order chi connectivity index (χ1) is 7.65. The summed E-state index contributed by atoms with van der Waals surface area (Å²) in [7, 11) is 2.11. The first kappa shape index (κ1) is 15.9. The standard InChI is InChI=1S/C10H15BrN2S.C2H6/c1-4-14-13(3)8(2)9-5-10(11)7-12-6-9;1-2/h5-8H,4H2,1-3H3;1-2H3/t8-;/m1./s1. The molecule has 92 valence electrons. The number of halogens is 1. The number of pyridine rings is 1. The van der Waals surface area contributed by atoms with Crippen LogP contribution in [0, 0.1) is 0 Å². The van der Waals surface area contributed by atoms with Gasteiger partial charge in [0.1, 0.15) is 0 Å². The predicted molar refractivity (Wildman–Crippen MR) is 77.6 cm³/mol. The molecular weight excluding hydrogens is 284 g/mol. The second-order valence-corrected chi connectivity index (χ2v) is 5.40. The minimum atomic E-state index is 0.393. The summed E-state index contributed by atoms with van der Waals surface area (Å²) in [4.78, 5) is 4.17. The summed E-state index contributed by atoms with van der Waals surface area (Å²) in [6.45, 7) is 8.35. The zero-order chi connectivity index (χ0) is 12.6. The summed E-state index contributed by atoms with van der Waals surface area (Å²) in [5.41, 5.74) is 1.24. The van der Waals surface area contributed by atoms with Crippen molar-refractivity contribution in [3.63, 3.8) is 0 Å². The maximum atomic E-state index is 4.17. The highest BCUT2D eigenvalue weighted by molar-refractivity contribution is 9.10. The summed E-state index contributed by atoms with van der Waals surface area (Å²) in [5.74, 6) is 1.10. The van der Waals surface area contributed by atoms with Gasteiger partial charge in [-0.1, -0.05) is 32.7 Å². The van der Waals surface area contributed by atoms with Gasteiger partial charge >= 0.3 is 0 Å². The lowest BCUT2D eigenvalue weighted by Gasteiger charge is -2.22. The Balaban J connectivity index is 0.00000106. The Morgan fingerprint density at radius 2 is 2.06 bits per heavy atom. The minimum absolute atomic E-state index is 0.393. The molecule has 16 heavy (non-hydrogen) atoms. The Morgan fingerprint density at radius 3 is 2.56 bits per heavy atom. The fourth-order valence-electron chi connectivity index (χ4n) is 1.18. The van der Waals surface area contributed by atoms with E-state index in [1.165, 1.54) is 5.56 Å². The van der Waals surface area contributed by atoms with E-state index in [9.17, 15) is 0 Å². The molecule has 0 saturated carbocycles. The Hall–Kier alpha value is -0.0600. The molecule has 1 rings (SSSR count). The van der Waals surface area contributed by atoms with Crippen molar-refractivity contribution in [2.45, 2.75) is 33.7 Å². The molecule has 0 aliphatic carbocycles. The molecule has 0 saturated heterocycles. The van der Waals surface area contributed by atoms with E-state index in [-0.39, 0.29) is 0 Å². The maximum absolute atomic E-state index is 4.17. The van der Waals surface area contributed by atoms with E-state index in [1.807, 2.05) is 38.2 Å². The highest BCUT2D eigenvalue weighted by Crippen LogP contribution is 2.25. The molecule has 2 nitrogen and oxygen atoms in total. The van der Waals surface area contributed by atoms with Gasteiger partial charge in [0.25, 0.3) is 0 Å². The van der Waals surface area contributed by atoms with E-state index in [1.54, 1.807) is 0 Å².